The van der Waals surface area contributed by atoms with Gasteiger partial charge in [-0.2, -0.15) is 0 Å². The molecule has 5 aromatic rings. The Labute approximate surface area is 225 Å². The number of hydrogen-bond donors (Lipinski definition) is 0. The highest BCUT2D eigenvalue weighted by Gasteiger charge is 2.23. The van der Waals surface area contributed by atoms with Crippen LogP contribution in [0.2, 0.25) is 0 Å². The fourth-order valence-electron chi connectivity index (χ4n) is 5.76. The number of furan rings is 1. The van der Waals surface area contributed by atoms with Crippen LogP contribution in [0.25, 0.3) is 44.2 Å². The first kappa shape index (κ1) is 24.1. The van der Waals surface area contributed by atoms with Gasteiger partial charge in [0.1, 0.15) is 12.2 Å². The van der Waals surface area contributed by atoms with Crippen LogP contribution in [0.1, 0.15) is 37.8 Å². The van der Waals surface area contributed by atoms with Crippen molar-refractivity contribution in [3.8, 4) is 22.3 Å². The van der Waals surface area contributed by atoms with Crippen molar-refractivity contribution < 1.29 is 8.99 Å². The van der Waals surface area contributed by atoms with Crippen LogP contribution in [0.5, 0.6) is 0 Å². The molecule has 2 nitrogen and oxygen atoms in total. The number of fused-ring (bicyclic) bond motifs is 3. The Kier molecular flexibility index (Phi) is 6.25. The number of hydrogen-bond acceptors (Lipinski definition) is 0. The van der Waals surface area contributed by atoms with Crippen molar-refractivity contribution in [2.24, 2.45) is 5.92 Å². The predicted molar refractivity (Wildman–Crippen MR) is 160 cm³/mol. The molecule has 1 aliphatic rings. The van der Waals surface area contributed by atoms with E-state index >= 15 is 0 Å². The highest BCUT2D eigenvalue weighted by Crippen LogP contribution is 2.42. The molecule has 0 saturated carbocycles. The second-order valence-electron chi connectivity index (χ2n) is 10.2. The fourth-order valence-corrected chi connectivity index (χ4v) is 5.76. The van der Waals surface area contributed by atoms with Gasteiger partial charge in [0.25, 0.3) is 11.2 Å². The molecule has 0 radical (unpaired) electrons. The molecule has 0 atom stereocenters. The zero-order chi connectivity index (χ0) is 26.2. The van der Waals surface area contributed by atoms with Gasteiger partial charge in [-0.3, -0.25) is 8.99 Å². The van der Waals surface area contributed by atoms with Crippen LogP contribution in [0.3, 0.4) is 0 Å². The van der Waals surface area contributed by atoms with E-state index < -0.39 is 0 Å². The van der Waals surface area contributed by atoms with Crippen molar-refractivity contribution in [2.45, 2.75) is 33.6 Å². The smallest absolute Gasteiger partial charge is 0.279 e. The normalized spacial score (nSPS) is 13.6. The minimum absolute atomic E-state index is 0.551. The minimum atomic E-state index is 0.551. The fraction of sp³-hybridized carbons (Fsp3) is 0.167. The summed E-state index contributed by atoms with van der Waals surface area (Å²) in [6.07, 6.45) is 8.90. The lowest BCUT2D eigenvalue weighted by atomic mass is 9.87. The molecule has 6 rings (SSSR count). The first-order chi connectivity index (χ1) is 18.6. The molecule has 2 heteroatoms. The Morgan fingerprint density at radius 1 is 0.868 bits per heavy atom. The monoisotopic (exact) mass is 495 g/mol. The third kappa shape index (κ3) is 4.16. The standard InChI is InChI=1S/C36H33NO/c1-5-25(6-2)28-17-18-37(4)33(21-28)30-23-32-34(19-24(30)3)38-35-22-29(26-13-9-7-10-14-26)20-31(36(32)35)27-15-11-8-12-16-27/h7-23,25H,4-6H2,1-3H3. The maximum atomic E-state index is 6.55. The summed E-state index contributed by atoms with van der Waals surface area (Å²) >= 11 is 0. The zero-order valence-electron chi connectivity index (χ0n) is 22.4. The molecule has 1 aromatic heterocycles. The van der Waals surface area contributed by atoms with Crippen molar-refractivity contribution in [3.05, 3.63) is 126 Å². The molecule has 0 bridgehead atoms. The minimum Gasteiger partial charge on any atom is -0.287 e. The van der Waals surface area contributed by atoms with Crippen molar-refractivity contribution in [1.29, 1.82) is 0 Å². The lowest BCUT2D eigenvalue weighted by Crippen LogP contribution is -2.17. The average molecular weight is 496 g/mol. The van der Waals surface area contributed by atoms with Crippen LogP contribution < -0.4 is 0 Å². The Bertz CT molecular complexity index is 1700. The molecular weight excluding hydrogens is 462 g/mol. The van der Waals surface area contributed by atoms with E-state index in [0.717, 1.165) is 46.4 Å². The third-order valence-corrected chi connectivity index (χ3v) is 7.90. The number of benzene rings is 4. The van der Waals surface area contributed by atoms with E-state index in [1.54, 1.807) is 0 Å². The SMILES string of the molecule is C=[N+]1C=CC(C(CC)CC)=C[C-]1c1cc2c(cc1C)[o+][c-]1cc(-c3ccccc3)cc(-c3ccccc3)c21. The van der Waals surface area contributed by atoms with E-state index in [1.807, 2.05) is 4.58 Å². The van der Waals surface area contributed by atoms with Crippen LogP contribution in [-0.2, 0) is 0 Å². The van der Waals surface area contributed by atoms with E-state index in [9.17, 15) is 0 Å². The van der Waals surface area contributed by atoms with E-state index in [2.05, 4.69) is 131 Å². The second-order valence-corrected chi connectivity index (χ2v) is 10.2. The number of aryl methyl sites for hydroxylation is 1. The van der Waals surface area contributed by atoms with Crippen molar-refractivity contribution in [1.82, 2.24) is 0 Å². The highest BCUT2D eigenvalue weighted by atomic mass is 16.3. The zero-order valence-corrected chi connectivity index (χ0v) is 22.4. The lowest BCUT2D eigenvalue weighted by molar-refractivity contribution is -0.418. The summed E-state index contributed by atoms with van der Waals surface area (Å²) in [5.74, 6) is 0.551. The summed E-state index contributed by atoms with van der Waals surface area (Å²) in [4.78, 5) is 0. The Morgan fingerprint density at radius 3 is 2.24 bits per heavy atom. The maximum absolute atomic E-state index is 6.55. The lowest BCUT2D eigenvalue weighted by Gasteiger charge is -2.25. The summed E-state index contributed by atoms with van der Waals surface area (Å²) in [7, 11) is 0. The summed E-state index contributed by atoms with van der Waals surface area (Å²) in [5, 5.41) is 2.28. The van der Waals surface area contributed by atoms with Crippen LogP contribution in [0, 0.1) is 18.9 Å². The van der Waals surface area contributed by atoms with E-state index in [0.29, 0.717) is 5.92 Å². The molecular formula is C36H33NO. The molecule has 0 N–H and O–H groups in total. The molecule has 2 heterocycles. The van der Waals surface area contributed by atoms with Gasteiger partial charge in [-0.05, 0) is 40.5 Å². The number of nitrogens with zero attached hydrogens (tertiary/aromatic N) is 1. The second kappa shape index (κ2) is 9.87. The molecule has 0 amide bonds. The van der Waals surface area contributed by atoms with Crippen molar-refractivity contribution in [2.75, 3.05) is 0 Å². The Morgan fingerprint density at radius 2 is 1.55 bits per heavy atom. The Hall–Kier alpha value is -4.30. The predicted octanol–water partition coefficient (Wildman–Crippen LogP) is 9.71. The topological polar surface area (TPSA) is 14.3 Å². The quantitative estimate of drug-likeness (QED) is 0.130. The van der Waals surface area contributed by atoms with Gasteiger partial charge in [-0.25, -0.2) is 0 Å². The third-order valence-electron chi connectivity index (χ3n) is 7.90. The van der Waals surface area contributed by atoms with Gasteiger partial charge in [-0.15, -0.1) is 12.1 Å². The molecule has 0 spiro atoms. The van der Waals surface area contributed by atoms with Gasteiger partial charge in [0, 0.05) is 0 Å². The van der Waals surface area contributed by atoms with E-state index in [-0.39, 0.29) is 0 Å². The van der Waals surface area contributed by atoms with Crippen LogP contribution >= 0.6 is 0 Å². The summed E-state index contributed by atoms with van der Waals surface area (Å²) < 4.78 is 8.55. The van der Waals surface area contributed by atoms with Gasteiger partial charge in [-0.1, -0.05) is 134 Å². The van der Waals surface area contributed by atoms with Crippen molar-refractivity contribution in [3.63, 3.8) is 0 Å². The molecule has 0 fully saturated rings. The van der Waals surface area contributed by atoms with E-state index in [1.165, 1.54) is 33.4 Å². The van der Waals surface area contributed by atoms with Gasteiger partial charge in [0.05, 0.1) is 6.72 Å². The molecule has 0 aliphatic carbocycles. The first-order valence-corrected chi connectivity index (χ1v) is 13.6. The molecule has 188 valence electrons. The van der Waals surface area contributed by atoms with Gasteiger partial charge >= 0.3 is 0 Å². The van der Waals surface area contributed by atoms with Gasteiger partial charge in [0.15, 0.2) is 0 Å². The Balaban J connectivity index is 1.59. The van der Waals surface area contributed by atoms with Crippen molar-refractivity contribution >= 4 is 28.7 Å². The number of allylic oxidation sites excluding steroid dienone is 2. The molecule has 4 aromatic carbocycles. The summed E-state index contributed by atoms with van der Waals surface area (Å²) in [5.41, 5.74) is 10.3. The van der Waals surface area contributed by atoms with Gasteiger partial charge < -0.3 is 0 Å². The maximum Gasteiger partial charge on any atom is 0.279 e. The van der Waals surface area contributed by atoms with Crippen LogP contribution in [0.4, 0.5) is 0 Å². The highest BCUT2D eigenvalue weighted by molar-refractivity contribution is 6.14. The molecule has 0 unspecified atom stereocenters. The molecule has 0 saturated heterocycles. The summed E-state index contributed by atoms with van der Waals surface area (Å²) in [6.45, 7) is 11.0. The van der Waals surface area contributed by atoms with Crippen LogP contribution in [-0.4, -0.2) is 11.3 Å². The van der Waals surface area contributed by atoms with Crippen LogP contribution in [0.15, 0.2) is 113 Å². The van der Waals surface area contributed by atoms with E-state index in [4.69, 9.17) is 4.42 Å². The largest absolute Gasteiger partial charge is 0.287 e. The number of rotatable bonds is 6. The van der Waals surface area contributed by atoms with Gasteiger partial charge in [0.2, 0.25) is 0 Å². The molecule has 38 heavy (non-hydrogen) atoms. The molecule has 1 aliphatic heterocycles. The first-order valence-electron chi connectivity index (χ1n) is 13.6. The average Bonchev–Trinajstić information content (AvgIpc) is 3.31. The summed E-state index contributed by atoms with van der Waals surface area (Å²) in [6, 6.07) is 31.3.